The minimum absolute atomic E-state index is 0.0938. The highest BCUT2D eigenvalue weighted by atomic mass is 16.2. The zero-order valence-corrected chi connectivity index (χ0v) is 12.3. The van der Waals surface area contributed by atoms with E-state index in [1.165, 1.54) is 12.8 Å². The summed E-state index contributed by atoms with van der Waals surface area (Å²) in [4.78, 5) is 12.1. The topological polar surface area (TPSA) is 49.3 Å². The van der Waals surface area contributed by atoms with Gasteiger partial charge in [-0.2, -0.15) is 0 Å². The van der Waals surface area contributed by atoms with Crippen molar-refractivity contribution < 1.29 is 9.90 Å². The van der Waals surface area contributed by atoms with Crippen LogP contribution in [0.2, 0.25) is 0 Å². The Hall–Kier alpha value is -1.79. The van der Waals surface area contributed by atoms with Gasteiger partial charge in [0.1, 0.15) is 6.61 Å². The van der Waals surface area contributed by atoms with Crippen LogP contribution < -0.4 is 5.32 Å². The highest BCUT2D eigenvalue weighted by Crippen LogP contribution is 2.11. The number of carbonyl (C=O) groups is 1. The number of unbranched alkanes of at least 4 members (excludes halogenated alkanes) is 3. The van der Waals surface area contributed by atoms with Crippen molar-refractivity contribution in [1.29, 1.82) is 0 Å². The van der Waals surface area contributed by atoms with Gasteiger partial charge in [-0.1, -0.05) is 44.1 Å². The Kier molecular flexibility index (Phi) is 7.46. The maximum Gasteiger partial charge on any atom is 0.252 e. The van der Waals surface area contributed by atoms with Crippen LogP contribution in [-0.4, -0.2) is 24.2 Å². The lowest BCUT2D eigenvalue weighted by atomic mass is 10.0. The molecule has 0 aliphatic heterocycles. The standard InChI is InChI=1S/C17H23NO2/c1-3-4-5-6-11-18-17(20)16-10-9-14(2)13-15(16)8-7-12-19/h9-10,13,19H,3-6,11-12H2,1-2H3,(H,18,20). The second kappa shape index (κ2) is 9.17. The molecule has 0 aliphatic rings. The Labute approximate surface area is 121 Å². The van der Waals surface area contributed by atoms with E-state index in [1.807, 2.05) is 19.1 Å². The van der Waals surface area contributed by atoms with Crippen LogP contribution in [0.1, 0.15) is 54.1 Å². The lowest BCUT2D eigenvalue weighted by Crippen LogP contribution is -2.25. The fourth-order valence-electron chi connectivity index (χ4n) is 1.94. The smallest absolute Gasteiger partial charge is 0.252 e. The summed E-state index contributed by atoms with van der Waals surface area (Å²) in [7, 11) is 0. The molecule has 3 nitrogen and oxygen atoms in total. The molecule has 0 bridgehead atoms. The summed E-state index contributed by atoms with van der Waals surface area (Å²) in [5, 5.41) is 11.7. The molecular formula is C17H23NO2. The first-order chi connectivity index (χ1) is 9.69. The molecule has 0 aliphatic carbocycles. The van der Waals surface area contributed by atoms with Gasteiger partial charge in [-0.25, -0.2) is 0 Å². The molecular weight excluding hydrogens is 250 g/mol. The Balaban J connectivity index is 2.67. The van der Waals surface area contributed by atoms with Crippen molar-refractivity contribution in [3.63, 3.8) is 0 Å². The number of benzene rings is 1. The molecule has 0 atom stereocenters. The van der Waals surface area contributed by atoms with Gasteiger partial charge < -0.3 is 10.4 Å². The molecule has 2 N–H and O–H groups in total. The van der Waals surface area contributed by atoms with E-state index in [0.717, 1.165) is 18.4 Å². The zero-order chi connectivity index (χ0) is 14.8. The maximum atomic E-state index is 12.1. The Bertz CT molecular complexity index is 497. The van der Waals surface area contributed by atoms with Gasteiger partial charge in [0.2, 0.25) is 0 Å². The van der Waals surface area contributed by atoms with Crippen molar-refractivity contribution >= 4 is 5.91 Å². The first-order valence-electron chi connectivity index (χ1n) is 7.17. The molecule has 20 heavy (non-hydrogen) atoms. The third kappa shape index (κ3) is 5.46. The lowest BCUT2D eigenvalue weighted by Gasteiger charge is -2.07. The Morgan fingerprint density at radius 2 is 2.10 bits per heavy atom. The predicted molar refractivity (Wildman–Crippen MR) is 81.6 cm³/mol. The van der Waals surface area contributed by atoms with E-state index in [1.54, 1.807) is 6.07 Å². The summed E-state index contributed by atoms with van der Waals surface area (Å²) < 4.78 is 0. The number of hydrogen-bond acceptors (Lipinski definition) is 2. The van der Waals surface area contributed by atoms with E-state index in [9.17, 15) is 4.79 Å². The molecule has 1 aromatic carbocycles. The fourth-order valence-corrected chi connectivity index (χ4v) is 1.94. The first kappa shape index (κ1) is 16.3. The molecule has 1 amide bonds. The molecule has 0 aromatic heterocycles. The normalized spacial score (nSPS) is 9.75. The summed E-state index contributed by atoms with van der Waals surface area (Å²) in [6, 6.07) is 5.56. The van der Waals surface area contributed by atoms with Crippen LogP contribution in [0.15, 0.2) is 18.2 Å². The number of aliphatic hydroxyl groups excluding tert-OH is 1. The molecule has 0 heterocycles. The third-order valence-electron chi connectivity index (χ3n) is 3.04. The number of amides is 1. The summed E-state index contributed by atoms with van der Waals surface area (Å²) >= 11 is 0. The Morgan fingerprint density at radius 3 is 2.80 bits per heavy atom. The molecule has 0 unspecified atom stereocenters. The van der Waals surface area contributed by atoms with E-state index >= 15 is 0 Å². The van der Waals surface area contributed by atoms with Crippen LogP contribution in [0.3, 0.4) is 0 Å². The SMILES string of the molecule is CCCCCCNC(=O)c1ccc(C)cc1C#CCO. The lowest BCUT2D eigenvalue weighted by molar-refractivity contribution is 0.0952. The zero-order valence-electron chi connectivity index (χ0n) is 12.3. The van der Waals surface area contributed by atoms with Crippen molar-refractivity contribution in [2.24, 2.45) is 0 Å². The van der Waals surface area contributed by atoms with E-state index < -0.39 is 0 Å². The second-order valence-corrected chi connectivity index (χ2v) is 4.83. The van der Waals surface area contributed by atoms with E-state index in [-0.39, 0.29) is 12.5 Å². The maximum absolute atomic E-state index is 12.1. The van der Waals surface area contributed by atoms with Gasteiger partial charge in [0, 0.05) is 12.1 Å². The predicted octanol–water partition coefficient (Wildman–Crippen LogP) is 2.65. The largest absolute Gasteiger partial charge is 0.384 e. The summed E-state index contributed by atoms with van der Waals surface area (Å²) in [6.07, 6.45) is 4.53. The Morgan fingerprint density at radius 1 is 1.30 bits per heavy atom. The monoisotopic (exact) mass is 273 g/mol. The van der Waals surface area contributed by atoms with E-state index in [4.69, 9.17) is 5.11 Å². The number of aryl methyl sites for hydroxylation is 1. The van der Waals surface area contributed by atoms with Gasteiger partial charge in [-0.3, -0.25) is 4.79 Å². The molecule has 1 aromatic rings. The average Bonchev–Trinajstić information content (AvgIpc) is 2.44. The van der Waals surface area contributed by atoms with Crippen molar-refractivity contribution in [2.45, 2.75) is 39.5 Å². The minimum Gasteiger partial charge on any atom is -0.384 e. The van der Waals surface area contributed by atoms with Gasteiger partial charge in [0.25, 0.3) is 5.91 Å². The van der Waals surface area contributed by atoms with Crippen molar-refractivity contribution in [2.75, 3.05) is 13.2 Å². The van der Waals surface area contributed by atoms with Gasteiger partial charge >= 0.3 is 0 Å². The van der Waals surface area contributed by atoms with Crippen molar-refractivity contribution in [3.05, 3.63) is 34.9 Å². The van der Waals surface area contributed by atoms with Gasteiger partial charge in [0.15, 0.2) is 0 Å². The third-order valence-corrected chi connectivity index (χ3v) is 3.04. The minimum atomic E-state index is -0.202. The molecule has 3 heteroatoms. The number of rotatable bonds is 6. The molecule has 0 spiro atoms. The van der Waals surface area contributed by atoms with E-state index in [2.05, 4.69) is 24.1 Å². The van der Waals surface area contributed by atoms with Crippen LogP contribution in [0, 0.1) is 18.8 Å². The molecule has 108 valence electrons. The van der Waals surface area contributed by atoms with Gasteiger partial charge in [-0.05, 0) is 31.0 Å². The number of carbonyl (C=O) groups excluding carboxylic acids is 1. The van der Waals surface area contributed by atoms with Crippen LogP contribution in [0.4, 0.5) is 0 Å². The molecule has 0 saturated carbocycles. The number of nitrogens with one attached hydrogen (secondary N) is 1. The van der Waals surface area contributed by atoms with Crippen LogP contribution in [0.25, 0.3) is 0 Å². The first-order valence-corrected chi connectivity index (χ1v) is 7.17. The van der Waals surface area contributed by atoms with Gasteiger partial charge in [0.05, 0.1) is 5.56 Å². The van der Waals surface area contributed by atoms with Crippen molar-refractivity contribution in [1.82, 2.24) is 5.32 Å². The van der Waals surface area contributed by atoms with Crippen LogP contribution in [0.5, 0.6) is 0 Å². The van der Waals surface area contributed by atoms with Crippen LogP contribution in [-0.2, 0) is 0 Å². The average molecular weight is 273 g/mol. The summed E-state index contributed by atoms with van der Waals surface area (Å²) in [6.45, 7) is 4.61. The highest BCUT2D eigenvalue weighted by molar-refractivity contribution is 5.96. The second-order valence-electron chi connectivity index (χ2n) is 4.83. The van der Waals surface area contributed by atoms with Gasteiger partial charge in [-0.15, -0.1) is 0 Å². The molecule has 0 fully saturated rings. The molecule has 0 saturated heterocycles. The quantitative estimate of drug-likeness (QED) is 0.618. The summed E-state index contributed by atoms with van der Waals surface area (Å²) in [5.41, 5.74) is 2.30. The molecule has 1 rings (SSSR count). The summed E-state index contributed by atoms with van der Waals surface area (Å²) in [5.74, 6) is 5.34. The fraction of sp³-hybridized carbons (Fsp3) is 0.471. The molecule has 0 radical (unpaired) electrons. The van der Waals surface area contributed by atoms with Crippen LogP contribution >= 0.6 is 0 Å². The van der Waals surface area contributed by atoms with E-state index in [0.29, 0.717) is 17.7 Å². The highest BCUT2D eigenvalue weighted by Gasteiger charge is 2.09. The number of aliphatic hydroxyl groups is 1. The number of hydrogen-bond donors (Lipinski definition) is 2. The van der Waals surface area contributed by atoms with Crippen molar-refractivity contribution in [3.8, 4) is 11.8 Å².